The summed E-state index contributed by atoms with van der Waals surface area (Å²) in [6.45, 7) is 8.00. The van der Waals surface area contributed by atoms with Gasteiger partial charge in [0.25, 0.3) is 5.91 Å². The number of halogens is 1. The molecule has 126 valence electrons. The van der Waals surface area contributed by atoms with Crippen LogP contribution < -0.4 is 0 Å². The summed E-state index contributed by atoms with van der Waals surface area (Å²) in [5, 5.41) is 0. The Kier molecular flexibility index (Phi) is 5.39. The van der Waals surface area contributed by atoms with E-state index in [0.29, 0.717) is 6.04 Å². The van der Waals surface area contributed by atoms with E-state index in [1.54, 1.807) is 0 Å². The molecule has 0 bridgehead atoms. The Balaban J connectivity index is 1.65. The lowest BCUT2D eigenvalue weighted by molar-refractivity contribution is -0.0715. The Morgan fingerprint density at radius 1 is 1.22 bits per heavy atom. The number of benzene rings is 1. The molecule has 0 aliphatic carbocycles. The SMILES string of the molecule is C[C@@H]1CN(C[C@@H]2CCCN2C(=O)c2ccc(Br)cc2)C[C@@H](C)O1. The molecule has 2 aliphatic rings. The molecule has 0 spiro atoms. The molecule has 5 heteroatoms. The van der Waals surface area contributed by atoms with Gasteiger partial charge in [-0.2, -0.15) is 0 Å². The van der Waals surface area contributed by atoms with E-state index in [2.05, 4.69) is 39.6 Å². The van der Waals surface area contributed by atoms with E-state index in [1.165, 1.54) is 0 Å². The van der Waals surface area contributed by atoms with Crippen molar-refractivity contribution < 1.29 is 9.53 Å². The van der Waals surface area contributed by atoms with Crippen molar-refractivity contribution in [1.29, 1.82) is 0 Å². The van der Waals surface area contributed by atoms with E-state index in [-0.39, 0.29) is 18.1 Å². The molecule has 0 unspecified atom stereocenters. The van der Waals surface area contributed by atoms with Crippen molar-refractivity contribution in [3.05, 3.63) is 34.3 Å². The number of amides is 1. The van der Waals surface area contributed by atoms with Gasteiger partial charge >= 0.3 is 0 Å². The fourth-order valence-corrected chi connectivity index (χ4v) is 4.05. The third kappa shape index (κ3) is 4.14. The van der Waals surface area contributed by atoms with Gasteiger partial charge in [0.1, 0.15) is 0 Å². The van der Waals surface area contributed by atoms with Gasteiger partial charge in [-0.05, 0) is 51.0 Å². The lowest BCUT2D eigenvalue weighted by Gasteiger charge is -2.38. The van der Waals surface area contributed by atoms with Crippen LogP contribution in [0.4, 0.5) is 0 Å². The van der Waals surface area contributed by atoms with Gasteiger partial charge in [0.2, 0.25) is 0 Å². The summed E-state index contributed by atoms with van der Waals surface area (Å²) in [7, 11) is 0. The number of hydrogen-bond donors (Lipinski definition) is 0. The van der Waals surface area contributed by atoms with Crippen molar-refractivity contribution in [3.63, 3.8) is 0 Å². The normalized spacial score (nSPS) is 29.0. The number of nitrogens with zero attached hydrogens (tertiary/aromatic N) is 2. The monoisotopic (exact) mass is 380 g/mol. The zero-order chi connectivity index (χ0) is 16.4. The number of morpholine rings is 1. The smallest absolute Gasteiger partial charge is 0.254 e. The molecule has 23 heavy (non-hydrogen) atoms. The zero-order valence-corrected chi connectivity index (χ0v) is 15.5. The minimum atomic E-state index is 0.161. The molecule has 3 atom stereocenters. The minimum absolute atomic E-state index is 0.161. The summed E-state index contributed by atoms with van der Waals surface area (Å²) in [6.07, 6.45) is 2.75. The van der Waals surface area contributed by atoms with E-state index in [4.69, 9.17) is 4.74 Å². The van der Waals surface area contributed by atoms with Crippen LogP contribution in [0.5, 0.6) is 0 Å². The third-order valence-corrected chi connectivity index (χ3v) is 5.22. The summed E-state index contributed by atoms with van der Waals surface area (Å²) in [4.78, 5) is 17.3. The van der Waals surface area contributed by atoms with Crippen LogP contribution in [0.2, 0.25) is 0 Å². The minimum Gasteiger partial charge on any atom is -0.373 e. The first-order valence-corrected chi connectivity index (χ1v) is 9.26. The van der Waals surface area contributed by atoms with Gasteiger partial charge in [0, 0.05) is 42.3 Å². The molecule has 0 N–H and O–H groups in total. The highest BCUT2D eigenvalue weighted by molar-refractivity contribution is 9.10. The van der Waals surface area contributed by atoms with E-state index in [9.17, 15) is 4.79 Å². The maximum atomic E-state index is 12.8. The van der Waals surface area contributed by atoms with Gasteiger partial charge in [0.15, 0.2) is 0 Å². The van der Waals surface area contributed by atoms with Crippen molar-refractivity contribution in [3.8, 4) is 0 Å². The predicted octanol–water partition coefficient (Wildman–Crippen LogP) is 3.16. The van der Waals surface area contributed by atoms with Gasteiger partial charge in [0.05, 0.1) is 12.2 Å². The van der Waals surface area contributed by atoms with E-state index in [0.717, 1.165) is 49.1 Å². The zero-order valence-electron chi connectivity index (χ0n) is 13.9. The Labute approximate surface area is 146 Å². The molecule has 2 heterocycles. The van der Waals surface area contributed by atoms with Crippen LogP contribution in [0, 0.1) is 0 Å². The Hall–Kier alpha value is -0.910. The van der Waals surface area contributed by atoms with Gasteiger partial charge < -0.3 is 9.64 Å². The van der Waals surface area contributed by atoms with Gasteiger partial charge in [-0.1, -0.05) is 15.9 Å². The summed E-state index contributed by atoms with van der Waals surface area (Å²) in [5.74, 6) is 0.161. The molecular formula is C18H25BrN2O2. The number of carbonyl (C=O) groups is 1. The first kappa shape index (κ1) is 16.9. The fourth-order valence-electron chi connectivity index (χ4n) is 3.78. The summed E-state index contributed by atoms with van der Waals surface area (Å²) in [5.41, 5.74) is 0.781. The molecule has 2 aliphatic heterocycles. The number of carbonyl (C=O) groups excluding carboxylic acids is 1. The number of likely N-dealkylation sites (tertiary alicyclic amines) is 1. The van der Waals surface area contributed by atoms with E-state index >= 15 is 0 Å². The summed E-state index contributed by atoms with van der Waals surface area (Å²) >= 11 is 3.42. The number of rotatable bonds is 3. The molecule has 0 aromatic heterocycles. The largest absolute Gasteiger partial charge is 0.373 e. The van der Waals surface area contributed by atoms with Crippen LogP contribution in [0.25, 0.3) is 0 Å². The van der Waals surface area contributed by atoms with E-state index < -0.39 is 0 Å². The topological polar surface area (TPSA) is 32.8 Å². The molecule has 3 rings (SSSR count). The van der Waals surface area contributed by atoms with Gasteiger partial charge in [-0.3, -0.25) is 9.69 Å². The Bertz CT molecular complexity index is 538. The lowest BCUT2D eigenvalue weighted by atomic mass is 10.1. The molecule has 0 radical (unpaired) electrons. The summed E-state index contributed by atoms with van der Waals surface area (Å²) < 4.78 is 6.81. The molecule has 0 saturated carbocycles. The molecule has 2 fully saturated rings. The van der Waals surface area contributed by atoms with Gasteiger partial charge in [-0.25, -0.2) is 0 Å². The number of ether oxygens (including phenoxy) is 1. The fraction of sp³-hybridized carbons (Fsp3) is 0.611. The molecular weight excluding hydrogens is 356 g/mol. The van der Waals surface area contributed by atoms with Crippen molar-refractivity contribution in [1.82, 2.24) is 9.80 Å². The number of hydrogen-bond acceptors (Lipinski definition) is 3. The maximum absolute atomic E-state index is 12.8. The van der Waals surface area contributed by atoms with E-state index in [1.807, 2.05) is 24.3 Å². The second-order valence-corrected chi connectivity index (χ2v) is 7.69. The van der Waals surface area contributed by atoms with Crippen LogP contribution in [0.15, 0.2) is 28.7 Å². The van der Waals surface area contributed by atoms with Crippen LogP contribution in [-0.2, 0) is 4.74 Å². The second kappa shape index (κ2) is 7.32. The highest BCUT2D eigenvalue weighted by Gasteiger charge is 2.32. The van der Waals surface area contributed by atoms with Crippen molar-refractivity contribution in [2.45, 2.75) is 44.9 Å². The predicted molar refractivity (Wildman–Crippen MR) is 94.6 cm³/mol. The quantitative estimate of drug-likeness (QED) is 0.807. The summed E-state index contributed by atoms with van der Waals surface area (Å²) in [6, 6.07) is 8.00. The van der Waals surface area contributed by atoms with Gasteiger partial charge in [-0.15, -0.1) is 0 Å². The third-order valence-electron chi connectivity index (χ3n) is 4.69. The molecule has 4 nitrogen and oxygen atoms in total. The van der Waals surface area contributed by atoms with Crippen LogP contribution >= 0.6 is 15.9 Å². The first-order chi connectivity index (χ1) is 11.0. The average molecular weight is 381 g/mol. The first-order valence-electron chi connectivity index (χ1n) is 8.47. The standard InChI is InChI=1S/C18H25BrN2O2/c1-13-10-20(11-14(2)23-13)12-17-4-3-9-21(17)18(22)15-5-7-16(19)8-6-15/h5-8,13-14,17H,3-4,9-12H2,1-2H3/t13-,14-,17+/m1/s1. The highest BCUT2D eigenvalue weighted by atomic mass is 79.9. The average Bonchev–Trinajstić information content (AvgIpc) is 2.94. The van der Waals surface area contributed by atoms with Crippen LogP contribution in [0.1, 0.15) is 37.0 Å². The maximum Gasteiger partial charge on any atom is 0.254 e. The van der Waals surface area contributed by atoms with Crippen LogP contribution in [-0.4, -0.2) is 60.1 Å². The second-order valence-electron chi connectivity index (χ2n) is 6.78. The van der Waals surface area contributed by atoms with Crippen molar-refractivity contribution in [2.24, 2.45) is 0 Å². The molecule has 1 aromatic rings. The van der Waals surface area contributed by atoms with Crippen molar-refractivity contribution in [2.75, 3.05) is 26.2 Å². The van der Waals surface area contributed by atoms with Crippen LogP contribution in [0.3, 0.4) is 0 Å². The van der Waals surface area contributed by atoms with Crippen molar-refractivity contribution >= 4 is 21.8 Å². The Morgan fingerprint density at radius 3 is 2.52 bits per heavy atom. The lowest BCUT2D eigenvalue weighted by Crippen LogP contribution is -2.50. The highest BCUT2D eigenvalue weighted by Crippen LogP contribution is 2.23. The Morgan fingerprint density at radius 2 is 1.87 bits per heavy atom. The molecule has 2 saturated heterocycles. The molecule has 1 aromatic carbocycles. The molecule has 1 amide bonds.